The van der Waals surface area contributed by atoms with Gasteiger partial charge in [-0.05, 0) is 24.5 Å². The Labute approximate surface area is 131 Å². The molecule has 2 amide bonds. The maximum atomic E-state index is 13.3. The van der Waals surface area contributed by atoms with Gasteiger partial charge in [0, 0.05) is 24.7 Å². The Morgan fingerprint density at radius 2 is 1.87 bits per heavy atom. The quantitative estimate of drug-likeness (QED) is 0.860. The second kappa shape index (κ2) is 5.40. The number of amides is 2. The van der Waals surface area contributed by atoms with E-state index < -0.39 is 23.8 Å². The minimum atomic E-state index is -4.55. The molecule has 0 fully saturated rings. The lowest BCUT2D eigenvalue weighted by molar-refractivity contribution is -0.138. The lowest BCUT2D eigenvalue weighted by Gasteiger charge is -2.37. The predicted octanol–water partition coefficient (Wildman–Crippen LogP) is 3.41. The number of ketones is 1. The number of urea groups is 1. The van der Waals surface area contributed by atoms with E-state index in [1.165, 1.54) is 30.1 Å². The number of Topliss-reactive ketones (excluding diaryl/α,β-unsaturated/α-hetero) is 1. The van der Waals surface area contributed by atoms with E-state index in [0.717, 1.165) is 6.07 Å². The molecule has 122 valence electrons. The summed E-state index contributed by atoms with van der Waals surface area (Å²) in [5.74, 6) is -0.208. The Kier molecular flexibility index (Phi) is 3.66. The Morgan fingerprint density at radius 1 is 1.17 bits per heavy atom. The largest absolute Gasteiger partial charge is 0.416 e. The molecule has 3 rings (SSSR count). The molecule has 1 N–H and O–H groups in total. The molecule has 23 heavy (non-hydrogen) atoms. The van der Waals surface area contributed by atoms with E-state index in [2.05, 4.69) is 5.32 Å². The molecule has 1 aliphatic carbocycles. The molecular weight excluding hydrogens is 309 g/mol. The van der Waals surface area contributed by atoms with E-state index in [1.807, 2.05) is 0 Å². The standard InChI is InChI=1S/C16H15F3N2O2/c1-21-11-7-4-8-12(22)13(11)14(20-15(21)23)9-5-2-3-6-10(9)16(17,18)19/h2-3,5-6,14H,4,7-8H2,1H3,(H,20,23)/t14-/m0/s1. The molecule has 1 aliphatic heterocycles. The van der Waals surface area contributed by atoms with Crippen molar-refractivity contribution >= 4 is 11.8 Å². The van der Waals surface area contributed by atoms with E-state index >= 15 is 0 Å². The zero-order valence-electron chi connectivity index (χ0n) is 12.4. The molecule has 1 aromatic carbocycles. The van der Waals surface area contributed by atoms with Gasteiger partial charge in [0.2, 0.25) is 0 Å². The number of nitrogens with zero attached hydrogens (tertiary/aromatic N) is 1. The summed E-state index contributed by atoms with van der Waals surface area (Å²) < 4.78 is 39.8. The topological polar surface area (TPSA) is 49.4 Å². The third-order valence-corrected chi connectivity index (χ3v) is 4.27. The molecule has 0 saturated heterocycles. The molecule has 0 spiro atoms. The van der Waals surface area contributed by atoms with Crippen molar-refractivity contribution in [1.29, 1.82) is 0 Å². The minimum absolute atomic E-state index is 0.0933. The molecule has 2 aliphatic rings. The van der Waals surface area contributed by atoms with E-state index in [4.69, 9.17) is 0 Å². The van der Waals surface area contributed by atoms with Gasteiger partial charge < -0.3 is 10.2 Å². The fraction of sp³-hybridized carbons (Fsp3) is 0.375. The number of hydrogen-bond donors (Lipinski definition) is 1. The van der Waals surface area contributed by atoms with Crippen LogP contribution >= 0.6 is 0 Å². The van der Waals surface area contributed by atoms with Gasteiger partial charge in [-0.1, -0.05) is 18.2 Å². The molecule has 0 radical (unpaired) electrons. The predicted molar refractivity (Wildman–Crippen MR) is 76.4 cm³/mol. The van der Waals surface area contributed by atoms with Crippen LogP contribution in [0.5, 0.6) is 0 Å². The number of benzene rings is 1. The number of hydrogen-bond acceptors (Lipinski definition) is 2. The van der Waals surface area contributed by atoms with E-state index in [-0.39, 0.29) is 23.3 Å². The summed E-state index contributed by atoms with van der Waals surface area (Å²) in [6.07, 6.45) is -3.16. The number of carbonyl (C=O) groups excluding carboxylic acids is 2. The normalized spacial score (nSPS) is 22.1. The Morgan fingerprint density at radius 3 is 2.57 bits per heavy atom. The molecule has 0 bridgehead atoms. The minimum Gasteiger partial charge on any atom is -0.327 e. The van der Waals surface area contributed by atoms with E-state index in [0.29, 0.717) is 18.5 Å². The van der Waals surface area contributed by atoms with Crippen molar-refractivity contribution in [3.8, 4) is 0 Å². The van der Waals surface area contributed by atoms with Crippen molar-refractivity contribution < 1.29 is 22.8 Å². The van der Waals surface area contributed by atoms with Crippen LogP contribution in [-0.4, -0.2) is 23.8 Å². The first-order chi connectivity index (χ1) is 10.8. The summed E-state index contributed by atoms with van der Waals surface area (Å²) in [6.45, 7) is 0. The highest BCUT2D eigenvalue weighted by molar-refractivity contribution is 6.01. The number of alkyl halides is 3. The number of carbonyl (C=O) groups is 2. The molecule has 1 aromatic rings. The Bertz CT molecular complexity index is 710. The van der Waals surface area contributed by atoms with E-state index in [1.54, 1.807) is 0 Å². The maximum Gasteiger partial charge on any atom is 0.416 e. The number of allylic oxidation sites excluding steroid dienone is 1. The summed E-state index contributed by atoms with van der Waals surface area (Å²) >= 11 is 0. The van der Waals surface area contributed by atoms with Crippen LogP contribution in [0.15, 0.2) is 35.5 Å². The third-order valence-electron chi connectivity index (χ3n) is 4.27. The molecule has 0 unspecified atom stereocenters. The maximum absolute atomic E-state index is 13.3. The SMILES string of the molecule is CN1C(=O)N[C@@H](c2ccccc2C(F)(F)F)C2=C1CCCC2=O. The van der Waals surface area contributed by atoms with Gasteiger partial charge in [0.05, 0.1) is 11.6 Å². The molecule has 1 atom stereocenters. The summed E-state index contributed by atoms with van der Waals surface area (Å²) in [5, 5.41) is 2.53. The van der Waals surface area contributed by atoms with Crippen molar-refractivity contribution in [2.45, 2.75) is 31.5 Å². The van der Waals surface area contributed by atoms with Crippen LogP contribution < -0.4 is 5.32 Å². The average Bonchev–Trinajstić information content (AvgIpc) is 2.50. The van der Waals surface area contributed by atoms with Crippen LogP contribution in [0, 0.1) is 0 Å². The first-order valence-corrected chi connectivity index (χ1v) is 7.27. The van der Waals surface area contributed by atoms with Gasteiger partial charge in [0.15, 0.2) is 5.78 Å². The average molecular weight is 324 g/mol. The van der Waals surface area contributed by atoms with E-state index in [9.17, 15) is 22.8 Å². The van der Waals surface area contributed by atoms with Crippen molar-refractivity contribution in [1.82, 2.24) is 10.2 Å². The Balaban J connectivity index is 2.18. The summed E-state index contributed by atoms with van der Waals surface area (Å²) in [6, 6.07) is 3.49. The monoisotopic (exact) mass is 324 g/mol. The van der Waals surface area contributed by atoms with Gasteiger partial charge in [0.1, 0.15) is 0 Å². The third kappa shape index (κ3) is 2.60. The van der Waals surface area contributed by atoms with Crippen LogP contribution in [0.4, 0.5) is 18.0 Å². The van der Waals surface area contributed by atoms with Crippen molar-refractivity contribution in [2.24, 2.45) is 0 Å². The Hall–Kier alpha value is -2.31. The summed E-state index contributed by atoms with van der Waals surface area (Å²) in [7, 11) is 1.52. The lowest BCUT2D eigenvalue weighted by Crippen LogP contribution is -2.47. The van der Waals surface area contributed by atoms with Gasteiger partial charge in [-0.25, -0.2) is 4.79 Å². The highest BCUT2D eigenvalue weighted by atomic mass is 19.4. The smallest absolute Gasteiger partial charge is 0.327 e. The second-order valence-corrected chi connectivity index (χ2v) is 5.66. The molecule has 1 heterocycles. The van der Waals surface area contributed by atoms with Crippen LogP contribution in [0.25, 0.3) is 0 Å². The number of halogens is 3. The first-order valence-electron chi connectivity index (χ1n) is 7.27. The summed E-state index contributed by atoms with van der Waals surface area (Å²) in [4.78, 5) is 25.7. The van der Waals surface area contributed by atoms with Crippen LogP contribution in [0.3, 0.4) is 0 Å². The van der Waals surface area contributed by atoms with Gasteiger partial charge >= 0.3 is 12.2 Å². The highest BCUT2D eigenvalue weighted by Crippen LogP contribution is 2.41. The van der Waals surface area contributed by atoms with Gasteiger partial charge in [-0.2, -0.15) is 13.2 Å². The summed E-state index contributed by atoms with van der Waals surface area (Å²) in [5.41, 5.74) is -0.133. The van der Waals surface area contributed by atoms with Gasteiger partial charge in [-0.15, -0.1) is 0 Å². The zero-order valence-corrected chi connectivity index (χ0v) is 12.4. The first kappa shape index (κ1) is 15.6. The fourth-order valence-corrected chi connectivity index (χ4v) is 3.18. The molecule has 4 nitrogen and oxygen atoms in total. The number of nitrogens with one attached hydrogen (secondary N) is 1. The van der Waals surface area contributed by atoms with Gasteiger partial charge in [0.25, 0.3) is 0 Å². The van der Waals surface area contributed by atoms with Crippen LogP contribution in [0.2, 0.25) is 0 Å². The fourth-order valence-electron chi connectivity index (χ4n) is 3.18. The molecule has 7 heteroatoms. The molecule has 0 aromatic heterocycles. The second-order valence-electron chi connectivity index (χ2n) is 5.66. The van der Waals surface area contributed by atoms with Crippen LogP contribution in [-0.2, 0) is 11.0 Å². The lowest BCUT2D eigenvalue weighted by atomic mass is 9.83. The molecule has 0 saturated carbocycles. The van der Waals surface area contributed by atoms with Crippen molar-refractivity contribution in [2.75, 3.05) is 7.05 Å². The van der Waals surface area contributed by atoms with Crippen molar-refractivity contribution in [3.63, 3.8) is 0 Å². The molecular formula is C16H15F3N2O2. The number of rotatable bonds is 1. The van der Waals surface area contributed by atoms with Crippen molar-refractivity contribution in [3.05, 3.63) is 46.7 Å². The highest BCUT2D eigenvalue weighted by Gasteiger charge is 2.41. The zero-order chi connectivity index (χ0) is 16.8. The van der Waals surface area contributed by atoms with Crippen LogP contribution in [0.1, 0.15) is 36.4 Å². The van der Waals surface area contributed by atoms with Gasteiger partial charge in [-0.3, -0.25) is 4.79 Å².